The highest BCUT2D eigenvalue weighted by molar-refractivity contribution is 5.68. The van der Waals surface area contributed by atoms with E-state index >= 15 is 0 Å². The van der Waals surface area contributed by atoms with Crippen molar-refractivity contribution in [2.24, 2.45) is 0 Å². The molecule has 3 aromatic rings. The molecule has 2 aromatic carbocycles. The third-order valence-electron chi connectivity index (χ3n) is 7.67. The minimum atomic E-state index is -0.560. The molecule has 0 aliphatic carbocycles. The number of piperidine rings is 1. The van der Waals surface area contributed by atoms with Gasteiger partial charge in [0.15, 0.2) is 0 Å². The summed E-state index contributed by atoms with van der Waals surface area (Å²) < 4.78 is 11.5. The summed E-state index contributed by atoms with van der Waals surface area (Å²) in [5, 5.41) is 6.79. The predicted octanol–water partition coefficient (Wildman–Crippen LogP) is 5.99. The number of fused-ring (bicyclic) bond motifs is 3. The third kappa shape index (κ3) is 6.36. The topological polar surface area (TPSA) is 75.7 Å². The first-order valence-electron chi connectivity index (χ1n) is 13.8. The Kier molecular flexibility index (Phi) is 7.80. The fraction of sp³-hybridized carbons (Fsp3) is 0.438. The lowest BCUT2D eigenvalue weighted by molar-refractivity contribution is 0.0411. The van der Waals surface area contributed by atoms with Gasteiger partial charge in [-0.2, -0.15) is 0 Å². The van der Waals surface area contributed by atoms with Crippen LogP contribution in [-0.4, -0.2) is 47.8 Å². The van der Waals surface area contributed by atoms with E-state index < -0.39 is 5.60 Å². The van der Waals surface area contributed by atoms with E-state index in [4.69, 9.17) is 14.5 Å². The Bertz CT molecular complexity index is 1300. The molecular formula is C32H40N4O3. The van der Waals surface area contributed by atoms with E-state index in [1.54, 1.807) is 7.11 Å². The smallest absolute Gasteiger partial charge is 0.407 e. The molecule has 0 saturated carbocycles. The fourth-order valence-corrected chi connectivity index (χ4v) is 5.84. The van der Waals surface area contributed by atoms with Crippen LogP contribution in [0.1, 0.15) is 67.1 Å². The Hall–Kier alpha value is -3.58. The normalized spacial score (nSPS) is 20.9. The maximum Gasteiger partial charge on any atom is 0.407 e. The highest BCUT2D eigenvalue weighted by atomic mass is 16.6. The number of amides is 1. The van der Waals surface area contributed by atoms with Crippen molar-refractivity contribution in [2.75, 3.05) is 25.5 Å². The second kappa shape index (κ2) is 11.3. The molecular weight excluding hydrogens is 488 g/mol. The van der Waals surface area contributed by atoms with E-state index in [-0.39, 0.29) is 24.1 Å². The van der Waals surface area contributed by atoms with Crippen molar-refractivity contribution in [3.05, 3.63) is 88.7 Å². The second-order valence-corrected chi connectivity index (χ2v) is 11.7. The number of methoxy groups -OCH3 is 1. The molecule has 2 aliphatic rings. The Labute approximate surface area is 231 Å². The summed E-state index contributed by atoms with van der Waals surface area (Å²) in [6, 6.07) is 19.0. The molecule has 2 N–H and O–H groups in total. The molecule has 0 bridgehead atoms. The number of benzene rings is 2. The lowest BCUT2D eigenvalue weighted by atomic mass is 9.79. The zero-order valence-corrected chi connectivity index (χ0v) is 23.7. The van der Waals surface area contributed by atoms with Gasteiger partial charge in [-0.3, -0.25) is 9.88 Å². The first kappa shape index (κ1) is 27.0. The highest BCUT2D eigenvalue weighted by Gasteiger charge is 2.41. The highest BCUT2D eigenvalue weighted by Crippen LogP contribution is 2.44. The maximum absolute atomic E-state index is 12.9. The molecule has 39 heavy (non-hydrogen) atoms. The third-order valence-corrected chi connectivity index (χ3v) is 7.67. The molecule has 1 fully saturated rings. The number of pyridine rings is 1. The number of rotatable bonds is 6. The van der Waals surface area contributed by atoms with Gasteiger partial charge in [-0.15, -0.1) is 0 Å². The lowest BCUT2D eigenvalue weighted by Gasteiger charge is -2.47. The molecule has 1 amide bonds. The number of hydrogen-bond acceptors (Lipinski definition) is 6. The Morgan fingerprint density at radius 3 is 2.64 bits per heavy atom. The Morgan fingerprint density at radius 1 is 1.13 bits per heavy atom. The van der Waals surface area contributed by atoms with Crippen molar-refractivity contribution < 1.29 is 14.3 Å². The first-order valence-corrected chi connectivity index (χ1v) is 13.8. The van der Waals surface area contributed by atoms with Gasteiger partial charge in [0.1, 0.15) is 11.4 Å². The van der Waals surface area contributed by atoms with Crippen LogP contribution in [0.5, 0.6) is 5.75 Å². The second-order valence-electron chi connectivity index (χ2n) is 11.7. The summed E-state index contributed by atoms with van der Waals surface area (Å²) in [5.74, 6) is 0.912. The molecule has 7 heteroatoms. The van der Waals surface area contributed by atoms with Crippen molar-refractivity contribution in [2.45, 2.75) is 70.7 Å². The first-order chi connectivity index (χ1) is 18.7. The van der Waals surface area contributed by atoms with Crippen molar-refractivity contribution in [3.63, 3.8) is 0 Å². The standard InChI is InChI=1S/C32H40N4O3/c1-21-11-13-33-26(15-21)25-20-36-14-12-23-16-28(34-19-22-9-7-6-8-10-22)30(38-5)17-24(23)29(36)18-27(25)35-31(37)39-32(2,3)4/h6-11,13,15-17,25,27,29,34H,12,14,18-20H2,1-5H3,(H,35,37)/t25-,27-,29-/m1/s1. The SMILES string of the molecule is COc1cc2c(cc1NCc1ccccc1)CCN1C[C@H](c3cc(C)ccn3)[C@H](NC(=O)OC(C)(C)C)C[C@H]21. The molecule has 0 radical (unpaired) electrons. The lowest BCUT2D eigenvalue weighted by Crippen LogP contribution is -2.53. The summed E-state index contributed by atoms with van der Waals surface area (Å²) in [6.07, 6.45) is 3.22. The van der Waals surface area contributed by atoms with Crippen molar-refractivity contribution in [1.29, 1.82) is 0 Å². The zero-order valence-electron chi connectivity index (χ0n) is 23.7. The number of carbonyl (C=O) groups is 1. The number of alkyl carbamates (subject to hydrolysis) is 1. The molecule has 3 heterocycles. The average Bonchev–Trinajstić information content (AvgIpc) is 2.90. The Morgan fingerprint density at radius 2 is 1.92 bits per heavy atom. The minimum Gasteiger partial charge on any atom is -0.495 e. The van der Waals surface area contributed by atoms with Crippen LogP contribution in [0.3, 0.4) is 0 Å². The van der Waals surface area contributed by atoms with Crippen LogP contribution in [0.25, 0.3) is 0 Å². The Balaban J connectivity index is 1.42. The molecule has 1 aromatic heterocycles. The summed E-state index contributed by atoms with van der Waals surface area (Å²) in [7, 11) is 1.73. The minimum absolute atomic E-state index is 0.0731. The van der Waals surface area contributed by atoms with E-state index in [2.05, 4.69) is 64.9 Å². The molecule has 7 nitrogen and oxygen atoms in total. The molecule has 2 aliphatic heterocycles. The molecule has 1 saturated heterocycles. The number of hydrogen-bond donors (Lipinski definition) is 2. The van der Waals surface area contributed by atoms with Crippen LogP contribution in [0.2, 0.25) is 0 Å². The number of aromatic nitrogens is 1. The van der Waals surface area contributed by atoms with E-state index in [9.17, 15) is 4.79 Å². The summed E-state index contributed by atoms with van der Waals surface area (Å²) in [6.45, 7) is 10.3. The van der Waals surface area contributed by atoms with E-state index in [0.717, 1.165) is 49.6 Å². The van der Waals surface area contributed by atoms with Gasteiger partial charge in [0.05, 0.1) is 12.8 Å². The zero-order chi connectivity index (χ0) is 27.6. The maximum atomic E-state index is 12.9. The summed E-state index contributed by atoms with van der Waals surface area (Å²) >= 11 is 0. The van der Waals surface area contributed by atoms with Crippen LogP contribution in [0, 0.1) is 6.92 Å². The van der Waals surface area contributed by atoms with Gasteiger partial charge in [-0.05, 0) is 87.1 Å². The van der Waals surface area contributed by atoms with Gasteiger partial charge < -0.3 is 20.1 Å². The predicted molar refractivity (Wildman–Crippen MR) is 154 cm³/mol. The molecule has 5 rings (SSSR count). The number of anilines is 1. The van der Waals surface area contributed by atoms with Crippen LogP contribution >= 0.6 is 0 Å². The molecule has 206 valence electrons. The number of nitrogens with zero attached hydrogens (tertiary/aromatic N) is 2. The van der Waals surface area contributed by atoms with E-state index in [1.165, 1.54) is 22.3 Å². The van der Waals surface area contributed by atoms with Gasteiger partial charge in [0.2, 0.25) is 0 Å². The summed E-state index contributed by atoms with van der Waals surface area (Å²) in [5.41, 5.74) is 6.46. The number of ether oxygens (including phenoxy) is 2. The van der Waals surface area contributed by atoms with E-state index in [0.29, 0.717) is 0 Å². The monoisotopic (exact) mass is 528 g/mol. The molecule has 0 unspecified atom stereocenters. The van der Waals surface area contributed by atoms with Gasteiger partial charge in [-0.25, -0.2) is 4.79 Å². The van der Waals surface area contributed by atoms with Crippen molar-refractivity contribution >= 4 is 11.8 Å². The summed E-state index contributed by atoms with van der Waals surface area (Å²) in [4.78, 5) is 20.2. The van der Waals surface area contributed by atoms with Gasteiger partial charge in [0, 0.05) is 49.5 Å². The van der Waals surface area contributed by atoms with Crippen molar-refractivity contribution in [3.8, 4) is 5.75 Å². The largest absolute Gasteiger partial charge is 0.495 e. The van der Waals surface area contributed by atoms with Gasteiger partial charge in [0.25, 0.3) is 0 Å². The van der Waals surface area contributed by atoms with Gasteiger partial charge in [-0.1, -0.05) is 30.3 Å². The number of aryl methyl sites for hydroxylation is 1. The van der Waals surface area contributed by atoms with Gasteiger partial charge >= 0.3 is 6.09 Å². The van der Waals surface area contributed by atoms with Crippen LogP contribution in [0.15, 0.2) is 60.8 Å². The number of nitrogens with one attached hydrogen (secondary N) is 2. The number of carbonyl (C=O) groups excluding carboxylic acids is 1. The average molecular weight is 529 g/mol. The molecule has 0 spiro atoms. The fourth-order valence-electron chi connectivity index (χ4n) is 5.84. The molecule has 3 atom stereocenters. The van der Waals surface area contributed by atoms with E-state index in [1.807, 2.05) is 39.1 Å². The van der Waals surface area contributed by atoms with Crippen LogP contribution < -0.4 is 15.4 Å². The van der Waals surface area contributed by atoms with Crippen LogP contribution in [-0.2, 0) is 17.7 Å². The quantitative estimate of drug-likeness (QED) is 0.409. The van der Waals surface area contributed by atoms with Crippen LogP contribution in [0.4, 0.5) is 10.5 Å². The van der Waals surface area contributed by atoms with Crippen molar-refractivity contribution in [1.82, 2.24) is 15.2 Å².